The molecule has 3 nitrogen and oxygen atoms in total. The molecule has 0 aliphatic heterocycles. The molecule has 0 saturated carbocycles. The molecule has 1 aromatic carbocycles. The minimum absolute atomic E-state index is 0.693. The SMILES string of the molecule is CNc1ccnc(-c2ccc(Cl)cc2)n1. The Kier molecular flexibility index (Phi) is 2.83. The van der Waals surface area contributed by atoms with Gasteiger partial charge in [0.15, 0.2) is 5.82 Å². The molecule has 0 aliphatic rings. The molecule has 0 amide bonds. The van der Waals surface area contributed by atoms with Gasteiger partial charge < -0.3 is 5.32 Å². The Morgan fingerprint density at radius 3 is 2.53 bits per heavy atom. The van der Waals surface area contributed by atoms with Crippen molar-refractivity contribution in [2.24, 2.45) is 0 Å². The van der Waals surface area contributed by atoms with Crippen molar-refractivity contribution in [1.29, 1.82) is 0 Å². The largest absolute Gasteiger partial charge is 0.373 e. The average Bonchev–Trinajstić information content (AvgIpc) is 2.30. The molecule has 2 rings (SSSR count). The first-order valence-electron chi connectivity index (χ1n) is 4.56. The second kappa shape index (κ2) is 4.28. The van der Waals surface area contributed by atoms with Gasteiger partial charge in [-0.2, -0.15) is 0 Å². The highest BCUT2D eigenvalue weighted by atomic mass is 35.5. The van der Waals surface area contributed by atoms with Crippen molar-refractivity contribution >= 4 is 17.4 Å². The van der Waals surface area contributed by atoms with E-state index in [9.17, 15) is 0 Å². The second-order valence-corrected chi connectivity index (χ2v) is 3.46. The Morgan fingerprint density at radius 2 is 1.87 bits per heavy atom. The zero-order valence-corrected chi connectivity index (χ0v) is 8.99. The molecule has 1 aromatic heterocycles. The zero-order chi connectivity index (χ0) is 10.7. The van der Waals surface area contributed by atoms with Crippen molar-refractivity contribution in [3.63, 3.8) is 0 Å². The van der Waals surface area contributed by atoms with Crippen LogP contribution >= 0.6 is 11.6 Å². The van der Waals surface area contributed by atoms with E-state index in [0.717, 1.165) is 11.4 Å². The van der Waals surface area contributed by atoms with E-state index in [1.165, 1.54) is 0 Å². The van der Waals surface area contributed by atoms with Gasteiger partial charge in [0.2, 0.25) is 0 Å². The summed E-state index contributed by atoms with van der Waals surface area (Å²) in [6, 6.07) is 9.27. The summed E-state index contributed by atoms with van der Waals surface area (Å²) in [6.45, 7) is 0. The van der Waals surface area contributed by atoms with Crippen molar-refractivity contribution in [3.8, 4) is 11.4 Å². The molecule has 0 fully saturated rings. The standard InChI is InChI=1S/C11H10ClN3/c1-13-10-6-7-14-11(15-10)8-2-4-9(12)5-3-8/h2-7H,1H3,(H,13,14,15). The summed E-state index contributed by atoms with van der Waals surface area (Å²) in [4.78, 5) is 8.52. The molecule has 15 heavy (non-hydrogen) atoms. The summed E-state index contributed by atoms with van der Waals surface area (Å²) in [5, 5.41) is 3.68. The molecule has 76 valence electrons. The van der Waals surface area contributed by atoms with Gasteiger partial charge in [-0.25, -0.2) is 9.97 Å². The van der Waals surface area contributed by atoms with Crippen LogP contribution in [0.3, 0.4) is 0 Å². The average molecular weight is 220 g/mol. The zero-order valence-electron chi connectivity index (χ0n) is 8.24. The van der Waals surface area contributed by atoms with E-state index < -0.39 is 0 Å². The van der Waals surface area contributed by atoms with Crippen LogP contribution in [0.2, 0.25) is 5.02 Å². The monoisotopic (exact) mass is 219 g/mol. The quantitative estimate of drug-likeness (QED) is 0.844. The van der Waals surface area contributed by atoms with E-state index in [-0.39, 0.29) is 0 Å². The molecule has 0 radical (unpaired) electrons. The first kappa shape index (κ1) is 9.93. The highest BCUT2D eigenvalue weighted by molar-refractivity contribution is 6.30. The molecule has 1 heterocycles. The van der Waals surface area contributed by atoms with Crippen LogP contribution in [-0.2, 0) is 0 Å². The number of anilines is 1. The second-order valence-electron chi connectivity index (χ2n) is 3.02. The normalized spacial score (nSPS) is 10.0. The highest BCUT2D eigenvalue weighted by Crippen LogP contribution is 2.18. The van der Waals surface area contributed by atoms with Gasteiger partial charge in [0.05, 0.1) is 0 Å². The number of hydrogen-bond donors (Lipinski definition) is 1. The Balaban J connectivity index is 2.40. The molecule has 0 saturated heterocycles. The number of nitrogens with one attached hydrogen (secondary N) is 1. The van der Waals surface area contributed by atoms with Crippen LogP contribution in [0.15, 0.2) is 36.5 Å². The first-order chi connectivity index (χ1) is 7.29. The molecule has 0 aliphatic carbocycles. The lowest BCUT2D eigenvalue weighted by Crippen LogP contribution is -1.95. The predicted molar refractivity (Wildman–Crippen MR) is 62.0 cm³/mol. The molecule has 1 N–H and O–H groups in total. The highest BCUT2D eigenvalue weighted by Gasteiger charge is 2.01. The third-order valence-corrected chi connectivity index (χ3v) is 2.27. The lowest BCUT2D eigenvalue weighted by Gasteiger charge is -2.02. The van der Waals surface area contributed by atoms with Crippen LogP contribution in [0.25, 0.3) is 11.4 Å². The van der Waals surface area contributed by atoms with E-state index >= 15 is 0 Å². The number of hydrogen-bond acceptors (Lipinski definition) is 3. The number of rotatable bonds is 2. The van der Waals surface area contributed by atoms with Crippen LogP contribution in [0.4, 0.5) is 5.82 Å². The molecule has 0 unspecified atom stereocenters. The first-order valence-corrected chi connectivity index (χ1v) is 4.94. The van der Waals surface area contributed by atoms with E-state index in [1.54, 1.807) is 6.20 Å². The smallest absolute Gasteiger partial charge is 0.161 e. The summed E-state index contributed by atoms with van der Waals surface area (Å²) < 4.78 is 0. The van der Waals surface area contributed by atoms with E-state index in [2.05, 4.69) is 15.3 Å². The Morgan fingerprint density at radius 1 is 1.13 bits per heavy atom. The number of halogens is 1. The van der Waals surface area contributed by atoms with Crippen LogP contribution in [0, 0.1) is 0 Å². The van der Waals surface area contributed by atoms with E-state index in [1.807, 2.05) is 37.4 Å². The Bertz CT molecular complexity index is 454. The van der Waals surface area contributed by atoms with Crippen molar-refractivity contribution in [3.05, 3.63) is 41.6 Å². The van der Waals surface area contributed by atoms with Gasteiger partial charge in [-0.1, -0.05) is 11.6 Å². The maximum atomic E-state index is 5.80. The topological polar surface area (TPSA) is 37.8 Å². The molecule has 0 bridgehead atoms. The Labute approximate surface area is 93.1 Å². The van der Waals surface area contributed by atoms with Crippen LogP contribution in [-0.4, -0.2) is 17.0 Å². The van der Waals surface area contributed by atoms with Crippen molar-refractivity contribution in [1.82, 2.24) is 9.97 Å². The van der Waals surface area contributed by atoms with Crippen LogP contribution in [0.5, 0.6) is 0 Å². The van der Waals surface area contributed by atoms with Gasteiger partial charge >= 0.3 is 0 Å². The summed E-state index contributed by atoms with van der Waals surface area (Å²) in [5.41, 5.74) is 0.955. The summed E-state index contributed by atoms with van der Waals surface area (Å²) in [5.74, 6) is 1.49. The molecule has 0 atom stereocenters. The minimum Gasteiger partial charge on any atom is -0.373 e. The summed E-state index contributed by atoms with van der Waals surface area (Å²) >= 11 is 5.80. The number of nitrogens with zero attached hydrogens (tertiary/aromatic N) is 2. The third-order valence-electron chi connectivity index (χ3n) is 2.01. The van der Waals surface area contributed by atoms with Crippen molar-refractivity contribution in [2.45, 2.75) is 0 Å². The molecular weight excluding hydrogens is 210 g/mol. The predicted octanol–water partition coefficient (Wildman–Crippen LogP) is 2.84. The van der Waals surface area contributed by atoms with Gasteiger partial charge in [0.25, 0.3) is 0 Å². The fraction of sp³-hybridized carbons (Fsp3) is 0.0909. The fourth-order valence-corrected chi connectivity index (χ4v) is 1.36. The summed E-state index contributed by atoms with van der Waals surface area (Å²) in [6.07, 6.45) is 1.72. The minimum atomic E-state index is 0.693. The van der Waals surface area contributed by atoms with Gasteiger partial charge in [-0.05, 0) is 30.3 Å². The third kappa shape index (κ3) is 2.25. The number of benzene rings is 1. The fourth-order valence-electron chi connectivity index (χ4n) is 1.24. The lowest BCUT2D eigenvalue weighted by atomic mass is 10.2. The van der Waals surface area contributed by atoms with Crippen LogP contribution < -0.4 is 5.32 Å². The molecular formula is C11H10ClN3. The molecule has 2 aromatic rings. The van der Waals surface area contributed by atoms with Gasteiger partial charge in [0, 0.05) is 23.8 Å². The maximum absolute atomic E-state index is 5.80. The van der Waals surface area contributed by atoms with Crippen molar-refractivity contribution in [2.75, 3.05) is 12.4 Å². The number of aromatic nitrogens is 2. The summed E-state index contributed by atoms with van der Waals surface area (Å²) in [7, 11) is 1.83. The molecule has 4 heteroatoms. The van der Waals surface area contributed by atoms with Crippen LogP contribution in [0.1, 0.15) is 0 Å². The van der Waals surface area contributed by atoms with Gasteiger partial charge in [0.1, 0.15) is 5.82 Å². The van der Waals surface area contributed by atoms with E-state index in [0.29, 0.717) is 10.8 Å². The van der Waals surface area contributed by atoms with Crippen molar-refractivity contribution < 1.29 is 0 Å². The molecule has 0 spiro atoms. The van der Waals surface area contributed by atoms with Gasteiger partial charge in [-0.3, -0.25) is 0 Å². The van der Waals surface area contributed by atoms with E-state index in [4.69, 9.17) is 11.6 Å². The van der Waals surface area contributed by atoms with Gasteiger partial charge in [-0.15, -0.1) is 0 Å². The maximum Gasteiger partial charge on any atom is 0.161 e. The lowest BCUT2D eigenvalue weighted by molar-refractivity contribution is 1.17. The Hall–Kier alpha value is -1.61.